The first-order valence-electron chi connectivity index (χ1n) is 8.31. The topological polar surface area (TPSA) is 41.6 Å². The molecule has 0 amide bonds. The van der Waals surface area contributed by atoms with E-state index in [0.717, 1.165) is 15.8 Å². The van der Waals surface area contributed by atoms with Crippen LogP contribution in [0, 0.1) is 0 Å². The van der Waals surface area contributed by atoms with Crippen molar-refractivity contribution in [1.82, 2.24) is 5.06 Å². The van der Waals surface area contributed by atoms with Crippen molar-refractivity contribution >= 4 is 47.0 Å². The van der Waals surface area contributed by atoms with Crippen molar-refractivity contribution in [3.63, 3.8) is 0 Å². The Morgan fingerprint density at radius 2 is 1.65 bits per heavy atom. The van der Waals surface area contributed by atoms with E-state index in [0.29, 0.717) is 13.2 Å². The monoisotopic (exact) mass is 426 g/mol. The van der Waals surface area contributed by atoms with Crippen LogP contribution in [0.15, 0.2) is 52.8 Å². The lowest BCUT2D eigenvalue weighted by Gasteiger charge is -2.33. The summed E-state index contributed by atoms with van der Waals surface area (Å²) >= 11 is 6.80. The molecule has 0 aromatic heterocycles. The Morgan fingerprint density at radius 1 is 1.00 bits per heavy atom. The summed E-state index contributed by atoms with van der Waals surface area (Å²) in [5.41, 5.74) is 0.0886. The Kier molecular flexibility index (Phi) is 5.03. The van der Waals surface area contributed by atoms with Crippen LogP contribution < -0.4 is 0 Å². The Balaban J connectivity index is 1.44. The summed E-state index contributed by atoms with van der Waals surface area (Å²) < 4.78 is 13.8. The summed E-state index contributed by atoms with van der Waals surface area (Å²) in [5, 5.41) is 17.6. The molecule has 4 nitrogen and oxygen atoms in total. The molecule has 0 aromatic rings. The number of thioether (sulfide) groups is 4. The zero-order valence-corrected chi connectivity index (χ0v) is 18.3. The van der Waals surface area contributed by atoms with Gasteiger partial charge in [0, 0.05) is 4.91 Å². The number of allylic oxidation sites excluding steroid dienone is 1. The molecule has 0 fully saturated rings. The predicted octanol–water partition coefficient (Wildman–Crippen LogP) is 5.79. The molecule has 4 heterocycles. The Morgan fingerprint density at radius 3 is 2.23 bits per heavy atom. The zero-order chi connectivity index (χ0) is 18.5. The van der Waals surface area contributed by atoms with Gasteiger partial charge in [-0.3, -0.25) is 0 Å². The first-order valence-corrected chi connectivity index (χ1v) is 11.6. The number of hydrogen-bond acceptors (Lipinski definition) is 7. The SMILES string of the molecule is CC1(C)C=C(/C=C/C2=CSC(=C3SC4=C(OCCO4)S3)S2)C(C)(C)N1[O]. The van der Waals surface area contributed by atoms with E-state index in [9.17, 15) is 5.21 Å². The van der Waals surface area contributed by atoms with Crippen molar-refractivity contribution in [2.75, 3.05) is 13.2 Å². The second-order valence-corrected chi connectivity index (χ2v) is 11.7. The van der Waals surface area contributed by atoms with Gasteiger partial charge in [-0.15, -0.1) is 10.3 Å². The second-order valence-electron chi connectivity index (χ2n) is 7.23. The smallest absolute Gasteiger partial charge is 0.208 e. The normalized spacial score (nSPS) is 27.6. The highest BCUT2D eigenvalue weighted by Crippen LogP contribution is 2.59. The maximum atomic E-state index is 12.5. The Labute approximate surface area is 171 Å². The van der Waals surface area contributed by atoms with Crippen LogP contribution in [-0.2, 0) is 14.7 Å². The van der Waals surface area contributed by atoms with Crippen molar-refractivity contribution in [2.24, 2.45) is 0 Å². The first-order chi connectivity index (χ1) is 12.3. The van der Waals surface area contributed by atoms with Gasteiger partial charge in [-0.25, -0.2) is 0 Å². The van der Waals surface area contributed by atoms with Crippen LogP contribution in [0.5, 0.6) is 0 Å². The highest BCUT2D eigenvalue weighted by molar-refractivity contribution is 8.33. The summed E-state index contributed by atoms with van der Waals surface area (Å²) in [6, 6.07) is 0. The van der Waals surface area contributed by atoms with E-state index in [1.54, 1.807) is 47.0 Å². The molecule has 0 aliphatic carbocycles. The van der Waals surface area contributed by atoms with Gasteiger partial charge in [-0.1, -0.05) is 35.7 Å². The summed E-state index contributed by atoms with van der Waals surface area (Å²) in [6.45, 7) is 9.12. The van der Waals surface area contributed by atoms with Crippen molar-refractivity contribution in [1.29, 1.82) is 0 Å². The van der Waals surface area contributed by atoms with Gasteiger partial charge in [0.15, 0.2) is 0 Å². The minimum absolute atomic E-state index is 0.468. The van der Waals surface area contributed by atoms with E-state index in [1.165, 1.54) is 18.4 Å². The quantitative estimate of drug-likeness (QED) is 0.553. The lowest BCUT2D eigenvalue weighted by Crippen LogP contribution is -2.46. The minimum Gasteiger partial charge on any atom is -0.480 e. The van der Waals surface area contributed by atoms with Crippen LogP contribution in [0.1, 0.15) is 27.7 Å². The summed E-state index contributed by atoms with van der Waals surface area (Å²) in [6.07, 6.45) is 6.26. The van der Waals surface area contributed by atoms with Crippen LogP contribution in [-0.4, -0.2) is 29.4 Å². The molecular weight excluding hydrogens is 406 g/mol. The van der Waals surface area contributed by atoms with Gasteiger partial charge in [0.25, 0.3) is 0 Å². The second kappa shape index (κ2) is 6.90. The van der Waals surface area contributed by atoms with E-state index >= 15 is 0 Å². The van der Waals surface area contributed by atoms with E-state index in [4.69, 9.17) is 9.47 Å². The van der Waals surface area contributed by atoms with Gasteiger partial charge in [-0.2, -0.15) is 0 Å². The summed E-state index contributed by atoms with van der Waals surface area (Å²) in [5.74, 6) is 0. The molecule has 0 atom stereocenters. The fraction of sp³-hybridized carbons (Fsp3) is 0.444. The fourth-order valence-electron chi connectivity index (χ4n) is 3.11. The van der Waals surface area contributed by atoms with Crippen LogP contribution in [0.4, 0.5) is 0 Å². The molecule has 4 aliphatic rings. The molecule has 0 N–H and O–H groups in total. The molecule has 8 heteroatoms. The molecule has 0 spiro atoms. The molecule has 1 radical (unpaired) electrons. The molecular formula is C18H20NO3S4. The average molecular weight is 427 g/mol. The third kappa shape index (κ3) is 3.40. The largest absolute Gasteiger partial charge is 0.480 e. The molecule has 0 bridgehead atoms. The van der Waals surface area contributed by atoms with Crippen molar-refractivity contribution < 1.29 is 14.7 Å². The highest BCUT2D eigenvalue weighted by atomic mass is 32.2. The number of hydroxylamine groups is 2. The lowest BCUT2D eigenvalue weighted by atomic mass is 9.96. The van der Waals surface area contributed by atoms with Crippen LogP contribution in [0.3, 0.4) is 0 Å². The summed E-state index contributed by atoms with van der Waals surface area (Å²) in [7, 11) is 0. The van der Waals surface area contributed by atoms with Gasteiger partial charge in [-0.05, 0) is 68.3 Å². The van der Waals surface area contributed by atoms with E-state index in [-0.39, 0.29) is 0 Å². The standard InChI is InChI=1S/C18H20NO3S4/c1-17(2)9-11(18(3,4)19(17)20)5-6-12-10-23-15(24-12)16-25-13-14(26-16)22-8-7-21-13/h5-6,9-10H,7-8H2,1-4H3/b6-5+. The van der Waals surface area contributed by atoms with Crippen molar-refractivity contribution in [3.05, 3.63) is 52.8 Å². The number of rotatable bonds is 2. The maximum Gasteiger partial charge on any atom is 0.208 e. The van der Waals surface area contributed by atoms with E-state index in [2.05, 4.69) is 23.6 Å². The van der Waals surface area contributed by atoms with Gasteiger partial charge >= 0.3 is 0 Å². The molecule has 0 saturated heterocycles. The minimum atomic E-state index is -0.507. The van der Waals surface area contributed by atoms with Crippen LogP contribution in [0.2, 0.25) is 0 Å². The summed E-state index contributed by atoms with van der Waals surface area (Å²) in [4.78, 5) is 1.18. The number of nitrogens with zero attached hydrogens (tertiary/aromatic N) is 1. The molecule has 139 valence electrons. The van der Waals surface area contributed by atoms with Crippen LogP contribution >= 0.6 is 47.0 Å². The van der Waals surface area contributed by atoms with E-state index < -0.39 is 11.1 Å². The van der Waals surface area contributed by atoms with Crippen molar-refractivity contribution in [2.45, 2.75) is 38.8 Å². The molecule has 26 heavy (non-hydrogen) atoms. The third-order valence-corrected chi connectivity index (χ3v) is 9.68. The van der Waals surface area contributed by atoms with Crippen LogP contribution in [0.25, 0.3) is 0 Å². The van der Waals surface area contributed by atoms with Gasteiger partial charge in [0.2, 0.25) is 10.2 Å². The molecule has 0 saturated carbocycles. The van der Waals surface area contributed by atoms with Gasteiger partial charge in [0.05, 0.1) is 19.6 Å². The molecule has 0 unspecified atom stereocenters. The zero-order valence-electron chi connectivity index (χ0n) is 15.0. The number of hydrogen-bond donors (Lipinski definition) is 0. The Bertz CT molecular complexity index is 772. The lowest BCUT2D eigenvalue weighted by molar-refractivity contribution is -0.238. The Hall–Kier alpha value is -0.380. The van der Waals surface area contributed by atoms with Gasteiger partial charge < -0.3 is 9.47 Å². The molecule has 0 aromatic carbocycles. The molecule has 4 rings (SSSR count). The maximum absolute atomic E-state index is 12.5. The third-order valence-electron chi connectivity index (χ3n) is 4.42. The van der Waals surface area contributed by atoms with E-state index in [1.807, 2.05) is 27.7 Å². The number of ether oxygens (including phenoxy) is 2. The highest BCUT2D eigenvalue weighted by Gasteiger charge is 2.45. The fourth-order valence-corrected chi connectivity index (χ4v) is 7.88. The van der Waals surface area contributed by atoms with Crippen molar-refractivity contribution in [3.8, 4) is 0 Å². The predicted molar refractivity (Wildman–Crippen MR) is 112 cm³/mol. The van der Waals surface area contributed by atoms with Gasteiger partial charge in [0.1, 0.15) is 13.2 Å². The average Bonchev–Trinajstić information content (AvgIpc) is 3.26. The first kappa shape index (κ1) is 19.0. The molecule has 4 aliphatic heterocycles.